The summed E-state index contributed by atoms with van der Waals surface area (Å²) < 4.78 is 0. The predicted octanol–water partition coefficient (Wildman–Crippen LogP) is 3.16. The molecule has 2 N–H and O–H groups in total. The summed E-state index contributed by atoms with van der Waals surface area (Å²) in [7, 11) is 0. The molecule has 2 aliphatic rings. The van der Waals surface area contributed by atoms with Crippen molar-refractivity contribution in [3.63, 3.8) is 0 Å². The number of piperidine rings is 1. The summed E-state index contributed by atoms with van der Waals surface area (Å²) in [5.74, 6) is 0. The quantitative estimate of drug-likeness (QED) is 0.818. The molecular formula is C15H30N2. The minimum Gasteiger partial charge on any atom is -0.328 e. The summed E-state index contributed by atoms with van der Waals surface area (Å²) in [5, 5.41) is 0. The summed E-state index contributed by atoms with van der Waals surface area (Å²) in [4.78, 5) is 2.76. The Kier molecular flexibility index (Phi) is 4.48. The molecule has 17 heavy (non-hydrogen) atoms. The van der Waals surface area contributed by atoms with Crippen molar-refractivity contribution in [2.45, 2.75) is 77.3 Å². The van der Waals surface area contributed by atoms with E-state index in [4.69, 9.17) is 5.73 Å². The molecule has 1 heterocycles. The van der Waals surface area contributed by atoms with E-state index in [1.54, 1.807) is 0 Å². The molecule has 0 aromatic heterocycles. The van der Waals surface area contributed by atoms with E-state index in [1.165, 1.54) is 64.5 Å². The third kappa shape index (κ3) is 3.03. The number of likely N-dealkylation sites (tertiary alicyclic amines) is 1. The molecule has 0 unspecified atom stereocenters. The maximum absolute atomic E-state index is 5.99. The SMILES string of the molecule is CCC1(CC)CCN(C2CCC(N)CC2)CC1. The van der Waals surface area contributed by atoms with E-state index in [9.17, 15) is 0 Å². The van der Waals surface area contributed by atoms with Gasteiger partial charge in [-0.1, -0.05) is 26.7 Å². The predicted molar refractivity (Wildman–Crippen MR) is 74.1 cm³/mol. The largest absolute Gasteiger partial charge is 0.328 e. The average molecular weight is 238 g/mol. The molecule has 2 rings (SSSR count). The first-order valence-electron chi connectivity index (χ1n) is 7.69. The first-order chi connectivity index (χ1) is 8.19. The van der Waals surface area contributed by atoms with Gasteiger partial charge in [-0.25, -0.2) is 0 Å². The van der Waals surface area contributed by atoms with E-state index in [0.29, 0.717) is 11.5 Å². The van der Waals surface area contributed by atoms with Crippen LogP contribution in [-0.4, -0.2) is 30.1 Å². The molecule has 100 valence electrons. The summed E-state index contributed by atoms with van der Waals surface area (Å²) in [6.07, 6.45) is 10.7. The number of nitrogens with two attached hydrogens (primary N) is 1. The van der Waals surface area contributed by atoms with Crippen LogP contribution in [0.15, 0.2) is 0 Å². The zero-order chi connectivity index (χ0) is 12.3. The van der Waals surface area contributed by atoms with Crippen molar-refractivity contribution in [3.8, 4) is 0 Å². The molecule has 0 aromatic rings. The number of nitrogens with zero attached hydrogens (tertiary/aromatic N) is 1. The summed E-state index contributed by atoms with van der Waals surface area (Å²) >= 11 is 0. The van der Waals surface area contributed by atoms with Gasteiger partial charge in [0.05, 0.1) is 0 Å². The molecular weight excluding hydrogens is 208 g/mol. The van der Waals surface area contributed by atoms with Gasteiger partial charge in [0, 0.05) is 12.1 Å². The maximum atomic E-state index is 5.99. The molecule has 0 radical (unpaired) electrons. The normalized spacial score (nSPS) is 34.8. The fourth-order valence-electron chi connectivity index (χ4n) is 3.79. The van der Waals surface area contributed by atoms with Gasteiger partial charge in [0.15, 0.2) is 0 Å². The number of rotatable bonds is 3. The summed E-state index contributed by atoms with van der Waals surface area (Å²) in [5.41, 5.74) is 6.66. The van der Waals surface area contributed by atoms with Crippen molar-refractivity contribution in [1.82, 2.24) is 4.90 Å². The van der Waals surface area contributed by atoms with Crippen LogP contribution in [0.2, 0.25) is 0 Å². The van der Waals surface area contributed by atoms with Crippen molar-refractivity contribution < 1.29 is 0 Å². The van der Waals surface area contributed by atoms with Gasteiger partial charge in [-0.2, -0.15) is 0 Å². The molecule has 2 heteroatoms. The van der Waals surface area contributed by atoms with E-state index in [1.807, 2.05) is 0 Å². The van der Waals surface area contributed by atoms with Crippen LogP contribution >= 0.6 is 0 Å². The molecule has 0 aromatic carbocycles. The first kappa shape index (κ1) is 13.4. The second-order valence-corrected chi connectivity index (χ2v) is 6.31. The summed E-state index contributed by atoms with van der Waals surface area (Å²) in [6, 6.07) is 1.34. The molecule has 0 bridgehead atoms. The fraction of sp³-hybridized carbons (Fsp3) is 1.00. The van der Waals surface area contributed by atoms with Crippen LogP contribution in [0.1, 0.15) is 65.2 Å². The number of hydrogen-bond donors (Lipinski definition) is 1. The Morgan fingerprint density at radius 3 is 2.00 bits per heavy atom. The average Bonchev–Trinajstić information content (AvgIpc) is 2.40. The van der Waals surface area contributed by atoms with Gasteiger partial charge in [-0.15, -0.1) is 0 Å². The smallest absolute Gasteiger partial charge is 0.00964 e. The van der Waals surface area contributed by atoms with E-state index in [0.717, 1.165) is 6.04 Å². The fourth-order valence-corrected chi connectivity index (χ4v) is 3.79. The minimum absolute atomic E-state index is 0.487. The van der Waals surface area contributed by atoms with Crippen LogP contribution in [-0.2, 0) is 0 Å². The molecule has 2 fully saturated rings. The molecule has 1 aliphatic carbocycles. The van der Waals surface area contributed by atoms with Gasteiger partial charge in [0.2, 0.25) is 0 Å². The van der Waals surface area contributed by atoms with Crippen molar-refractivity contribution >= 4 is 0 Å². The lowest BCUT2D eigenvalue weighted by molar-refractivity contribution is 0.0513. The third-order valence-electron chi connectivity index (χ3n) is 5.62. The molecule has 0 amide bonds. The first-order valence-corrected chi connectivity index (χ1v) is 7.69. The van der Waals surface area contributed by atoms with Crippen molar-refractivity contribution in [2.75, 3.05) is 13.1 Å². The van der Waals surface area contributed by atoms with E-state index < -0.39 is 0 Å². The highest BCUT2D eigenvalue weighted by molar-refractivity contribution is 4.88. The van der Waals surface area contributed by atoms with Gasteiger partial charge in [-0.05, 0) is 57.0 Å². The van der Waals surface area contributed by atoms with Crippen LogP contribution in [0, 0.1) is 5.41 Å². The van der Waals surface area contributed by atoms with Gasteiger partial charge < -0.3 is 10.6 Å². The molecule has 0 spiro atoms. The Morgan fingerprint density at radius 2 is 1.53 bits per heavy atom. The Morgan fingerprint density at radius 1 is 1.00 bits per heavy atom. The standard InChI is InChI=1S/C15H30N2/c1-3-15(4-2)9-11-17(12-10-15)14-7-5-13(16)6-8-14/h13-14H,3-12,16H2,1-2H3. The lowest BCUT2D eigenvalue weighted by atomic mass is 9.73. The van der Waals surface area contributed by atoms with Gasteiger partial charge >= 0.3 is 0 Å². The second-order valence-electron chi connectivity index (χ2n) is 6.31. The lowest BCUT2D eigenvalue weighted by Crippen LogP contribution is -2.47. The van der Waals surface area contributed by atoms with Gasteiger partial charge in [0.1, 0.15) is 0 Å². The molecule has 1 aliphatic heterocycles. The van der Waals surface area contributed by atoms with E-state index >= 15 is 0 Å². The van der Waals surface area contributed by atoms with Gasteiger partial charge in [-0.3, -0.25) is 0 Å². The van der Waals surface area contributed by atoms with E-state index in [2.05, 4.69) is 18.7 Å². The zero-order valence-electron chi connectivity index (χ0n) is 11.8. The molecule has 1 saturated carbocycles. The lowest BCUT2D eigenvalue weighted by Gasteiger charge is -2.45. The minimum atomic E-state index is 0.487. The molecule has 0 atom stereocenters. The van der Waals surface area contributed by atoms with Crippen LogP contribution in [0.3, 0.4) is 0 Å². The van der Waals surface area contributed by atoms with Crippen LogP contribution in [0.5, 0.6) is 0 Å². The highest BCUT2D eigenvalue weighted by Gasteiger charge is 2.34. The second kappa shape index (κ2) is 5.71. The summed E-state index contributed by atoms with van der Waals surface area (Å²) in [6.45, 7) is 7.42. The topological polar surface area (TPSA) is 29.3 Å². The highest BCUT2D eigenvalue weighted by Crippen LogP contribution is 2.39. The van der Waals surface area contributed by atoms with Crippen molar-refractivity contribution in [2.24, 2.45) is 11.1 Å². The monoisotopic (exact) mass is 238 g/mol. The highest BCUT2D eigenvalue weighted by atomic mass is 15.2. The van der Waals surface area contributed by atoms with E-state index in [-0.39, 0.29) is 0 Å². The Hall–Kier alpha value is -0.0800. The molecule has 1 saturated heterocycles. The molecule has 2 nitrogen and oxygen atoms in total. The van der Waals surface area contributed by atoms with Crippen LogP contribution in [0.25, 0.3) is 0 Å². The zero-order valence-corrected chi connectivity index (χ0v) is 11.8. The Bertz CT molecular complexity index is 217. The number of hydrogen-bond acceptors (Lipinski definition) is 2. The van der Waals surface area contributed by atoms with Crippen molar-refractivity contribution in [1.29, 1.82) is 0 Å². The Balaban J connectivity index is 1.82. The maximum Gasteiger partial charge on any atom is 0.00964 e. The third-order valence-corrected chi connectivity index (χ3v) is 5.62. The van der Waals surface area contributed by atoms with Crippen LogP contribution in [0.4, 0.5) is 0 Å². The van der Waals surface area contributed by atoms with Crippen LogP contribution < -0.4 is 5.73 Å². The van der Waals surface area contributed by atoms with Crippen molar-refractivity contribution in [3.05, 3.63) is 0 Å². The van der Waals surface area contributed by atoms with Gasteiger partial charge in [0.25, 0.3) is 0 Å². The Labute approximate surface area is 107 Å².